The third-order valence-corrected chi connectivity index (χ3v) is 4.06. The van der Waals surface area contributed by atoms with Crippen LogP contribution in [0.4, 0.5) is 11.4 Å². The van der Waals surface area contributed by atoms with E-state index >= 15 is 0 Å². The van der Waals surface area contributed by atoms with E-state index in [0.29, 0.717) is 6.04 Å². The fourth-order valence-electron chi connectivity index (χ4n) is 2.92. The van der Waals surface area contributed by atoms with Gasteiger partial charge in [0.05, 0.1) is 22.4 Å². The van der Waals surface area contributed by atoms with Crippen molar-refractivity contribution in [1.29, 1.82) is 0 Å². The van der Waals surface area contributed by atoms with Crippen LogP contribution in [-0.2, 0) is 0 Å². The number of benzene rings is 1. The summed E-state index contributed by atoms with van der Waals surface area (Å²) in [5, 5.41) is 4.35. The van der Waals surface area contributed by atoms with Gasteiger partial charge in [-0.1, -0.05) is 17.7 Å². The van der Waals surface area contributed by atoms with E-state index in [1.54, 1.807) is 0 Å². The number of nitrogens with one attached hydrogen (secondary N) is 1. The van der Waals surface area contributed by atoms with Gasteiger partial charge >= 0.3 is 0 Å². The van der Waals surface area contributed by atoms with E-state index < -0.39 is 0 Å². The molecule has 0 aromatic heterocycles. The molecule has 1 N–H and O–H groups in total. The van der Waals surface area contributed by atoms with E-state index in [9.17, 15) is 0 Å². The first-order valence-electron chi connectivity index (χ1n) is 6.32. The van der Waals surface area contributed by atoms with Crippen molar-refractivity contribution in [2.24, 2.45) is 0 Å². The number of hydrogen-bond donors (Lipinski definition) is 1. The Bertz CT molecular complexity index is 421. The van der Waals surface area contributed by atoms with Crippen LogP contribution in [0.25, 0.3) is 0 Å². The molecule has 1 aromatic rings. The van der Waals surface area contributed by atoms with E-state index in [-0.39, 0.29) is 0 Å². The van der Waals surface area contributed by atoms with Crippen molar-refractivity contribution in [3.05, 3.63) is 23.2 Å². The zero-order chi connectivity index (χ0) is 11.8. The first kappa shape index (κ1) is 11.2. The van der Waals surface area contributed by atoms with Gasteiger partial charge in [-0.2, -0.15) is 0 Å². The normalized spacial score (nSPS) is 23.3. The molecule has 4 heteroatoms. The maximum Gasteiger partial charge on any atom is 0.0794 e. The van der Waals surface area contributed by atoms with Crippen molar-refractivity contribution in [1.82, 2.24) is 5.32 Å². The first-order valence-corrected chi connectivity index (χ1v) is 6.70. The minimum Gasteiger partial charge on any atom is -0.367 e. The van der Waals surface area contributed by atoms with Crippen molar-refractivity contribution in [3.8, 4) is 0 Å². The zero-order valence-electron chi connectivity index (χ0n) is 10.1. The highest BCUT2D eigenvalue weighted by Crippen LogP contribution is 2.40. The Balaban J connectivity index is 2.07. The summed E-state index contributed by atoms with van der Waals surface area (Å²) in [7, 11) is 0. The number of fused-ring (bicyclic) bond motifs is 3. The van der Waals surface area contributed by atoms with Gasteiger partial charge in [-0.15, -0.1) is 0 Å². The molecule has 92 valence electrons. The predicted octanol–water partition coefficient (Wildman–Crippen LogP) is 1.96. The van der Waals surface area contributed by atoms with Crippen LogP contribution in [0.15, 0.2) is 18.2 Å². The summed E-state index contributed by atoms with van der Waals surface area (Å²) < 4.78 is 0. The molecule has 0 spiro atoms. The van der Waals surface area contributed by atoms with E-state index in [2.05, 4.69) is 34.2 Å². The fraction of sp³-hybridized carbons (Fsp3) is 0.538. The summed E-state index contributed by atoms with van der Waals surface area (Å²) in [6.07, 6.45) is 0. The molecule has 0 amide bonds. The molecular weight excluding hydrogens is 234 g/mol. The SMILES string of the molecule is CCN1CC2CNCCN2c2cccc(Cl)c21. The van der Waals surface area contributed by atoms with E-state index in [4.69, 9.17) is 11.6 Å². The van der Waals surface area contributed by atoms with Gasteiger partial charge in [0.15, 0.2) is 0 Å². The lowest BCUT2D eigenvalue weighted by Crippen LogP contribution is -2.58. The van der Waals surface area contributed by atoms with Crippen molar-refractivity contribution < 1.29 is 0 Å². The summed E-state index contributed by atoms with van der Waals surface area (Å²) in [5.41, 5.74) is 2.52. The van der Waals surface area contributed by atoms with Gasteiger partial charge in [-0.3, -0.25) is 0 Å². The average Bonchev–Trinajstić information content (AvgIpc) is 2.38. The number of rotatable bonds is 1. The second kappa shape index (κ2) is 4.39. The highest BCUT2D eigenvalue weighted by Gasteiger charge is 2.32. The standard InChI is InChI=1S/C13H18ClN3/c1-2-16-9-10-8-15-6-7-17(10)12-5-3-4-11(14)13(12)16/h3-5,10,15H,2,6-9H2,1H3. The molecule has 0 bridgehead atoms. The maximum absolute atomic E-state index is 6.36. The molecular formula is C13H18ClN3. The Labute approximate surface area is 107 Å². The molecule has 0 radical (unpaired) electrons. The summed E-state index contributed by atoms with van der Waals surface area (Å²) in [4.78, 5) is 4.90. The van der Waals surface area contributed by atoms with Gasteiger partial charge in [-0.05, 0) is 19.1 Å². The van der Waals surface area contributed by atoms with Crippen LogP contribution in [0.3, 0.4) is 0 Å². The second-order valence-corrected chi connectivity index (χ2v) is 5.10. The molecule has 1 atom stereocenters. The van der Waals surface area contributed by atoms with Gasteiger partial charge in [-0.25, -0.2) is 0 Å². The van der Waals surface area contributed by atoms with Gasteiger partial charge in [0.1, 0.15) is 0 Å². The molecule has 17 heavy (non-hydrogen) atoms. The van der Waals surface area contributed by atoms with Crippen LogP contribution in [0.5, 0.6) is 0 Å². The Morgan fingerprint density at radius 1 is 1.47 bits per heavy atom. The highest BCUT2D eigenvalue weighted by molar-refractivity contribution is 6.34. The molecule has 2 aliphatic heterocycles. The third kappa shape index (κ3) is 1.78. The number of hydrogen-bond acceptors (Lipinski definition) is 3. The Morgan fingerprint density at radius 3 is 3.18 bits per heavy atom. The fourth-order valence-corrected chi connectivity index (χ4v) is 3.21. The lowest BCUT2D eigenvalue weighted by atomic mass is 10.0. The molecule has 3 nitrogen and oxygen atoms in total. The number of para-hydroxylation sites is 1. The quantitative estimate of drug-likeness (QED) is 0.823. The summed E-state index contributed by atoms with van der Waals surface area (Å²) in [6.45, 7) is 7.49. The summed E-state index contributed by atoms with van der Waals surface area (Å²) in [6, 6.07) is 6.82. The van der Waals surface area contributed by atoms with Gasteiger partial charge in [0.2, 0.25) is 0 Å². The number of anilines is 2. The van der Waals surface area contributed by atoms with Crippen molar-refractivity contribution >= 4 is 23.0 Å². The monoisotopic (exact) mass is 251 g/mol. The van der Waals surface area contributed by atoms with Gasteiger partial charge < -0.3 is 15.1 Å². The molecule has 1 aromatic carbocycles. The Morgan fingerprint density at radius 2 is 2.35 bits per heavy atom. The summed E-state index contributed by atoms with van der Waals surface area (Å²) in [5.74, 6) is 0. The number of piperazine rings is 1. The lowest BCUT2D eigenvalue weighted by Gasteiger charge is -2.47. The lowest BCUT2D eigenvalue weighted by molar-refractivity contribution is 0.461. The van der Waals surface area contributed by atoms with Gasteiger partial charge in [0, 0.05) is 32.7 Å². The largest absolute Gasteiger partial charge is 0.367 e. The smallest absolute Gasteiger partial charge is 0.0794 e. The molecule has 2 aliphatic rings. The molecule has 1 saturated heterocycles. The van der Waals surface area contributed by atoms with Crippen LogP contribution >= 0.6 is 11.6 Å². The van der Waals surface area contributed by atoms with Crippen molar-refractivity contribution in [2.45, 2.75) is 13.0 Å². The minimum atomic E-state index is 0.578. The van der Waals surface area contributed by atoms with Crippen LogP contribution < -0.4 is 15.1 Å². The molecule has 1 fully saturated rings. The molecule has 3 rings (SSSR count). The Hall–Kier alpha value is -0.930. The zero-order valence-corrected chi connectivity index (χ0v) is 10.9. The van der Waals surface area contributed by atoms with E-state index in [0.717, 1.165) is 37.7 Å². The van der Waals surface area contributed by atoms with Crippen molar-refractivity contribution in [3.63, 3.8) is 0 Å². The number of halogens is 1. The molecule has 0 saturated carbocycles. The topological polar surface area (TPSA) is 18.5 Å². The highest BCUT2D eigenvalue weighted by atomic mass is 35.5. The van der Waals surface area contributed by atoms with Gasteiger partial charge in [0.25, 0.3) is 0 Å². The molecule has 2 heterocycles. The summed E-state index contributed by atoms with van der Waals surface area (Å²) >= 11 is 6.36. The van der Waals surface area contributed by atoms with Crippen LogP contribution in [0.1, 0.15) is 6.92 Å². The second-order valence-electron chi connectivity index (χ2n) is 4.70. The van der Waals surface area contributed by atoms with Crippen LogP contribution in [-0.4, -0.2) is 38.8 Å². The molecule has 1 unspecified atom stereocenters. The van der Waals surface area contributed by atoms with Crippen molar-refractivity contribution in [2.75, 3.05) is 42.5 Å². The van der Waals surface area contributed by atoms with E-state index in [1.807, 2.05) is 6.07 Å². The van der Waals surface area contributed by atoms with E-state index in [1.165, 1.54) is 11.4 Å². The number of nitrogens with zero attached hydrogens (tertiary/aromatic N) is 2. The van der Waals surface area contributed by atoms with Crippen LogP contribution in [0, 0.1) is 0 Å². The third-order valence-electron chi connectivity index (χ3n) is 3.75. The minimum absolute atomic E-state index is 0.578. The van der Waals surface area contributed by atoms with Crippen LogP contribution in [0.2, 0.25) is 5.02 Å². The average molecular weight is 252 g/mol. The first-order chi connectivity index (χ1) is 8.31. The predicted molar refractivity (Wildman–Crippen MR) is 73.3 cm³/mol. The Kier molecular flexibility index (Phi) is 2.89. The molecule has 0 aliphatic carbocycles. The maximum atomic E-state index is 6.36. The number of likely N-dealkylation sites (N-methyl/N-ethyl adjacent to an activating group) is 1.